The molecule has 1 aromatic carbocycles. The molecule has 0 amide bonds. The fraction of sp³-hybridized carbons (Fsp3) is 0.538. The Hall–Kier alpha value is -1.01. The molecule has 2 unspecified atom stereocenters. The first-order chi connectivity index (χ1) is 8.84. The van der Waals surface area contributed by atoms with Crippen molar-refractivity contribution in [3.8, 4) is 0 Å². The number of sulfone groups is 1. The Balaban J connectivity index is 3.11. The highest BCUT2D eigenvalue weighted by Crippen LogP contribution is 2.21. The third-order valence-electron chi connectivity index (χ3n) is 3.18. The summed E-state index contributed by atoms with van der Waals surface area (Å²) in [6.45, 7) is 5.99. The van der Waals surface area contributed by atoms with E-state index < -0.39 is 26.7 Å². The molecule has 3 nitrogen and oxygen atoms in total. The van der Waals surface area contributed by atoms with Crippen molar-refractivity contribution >= 4 is 9.84 Å². The topological polar surface area (TPSA) is 46.2 Å². The molecule has 1 N–H and O–H groups in total. The van der Waals surface area contributed by atoms with E-state index in [-0.39, 0.29) is 10.9 Å². The first-order valence-corrected chi connectivity index (χ1v) is 7.81. The zero-order chi connectivity index (χ0) is 14.6. The van der Waals surface area contributed by atoms with E-state index in [2.05, 4.69) is 5.32 Å². The molecule has 1 aromatic rings. The lowest BCUT2D eigenvalue weighted by Gasteiger charge is -2.23. The van der Waals surface area contributed by atoms with Crippen LogP contribution in [0.1, 0.15) is 27.2 Å². The van der Waals surface area contributed by atoms with Crippen LogP contribution in [0.25, 0.3) is 0 Å². The van der Waals surface area contributed by atoms with Crippen molar-refractivity contribution in [1.29, 1.82) is 0 Å². The Kier molecular flexibility index (Phi) is 5.43. The van der Waals surface area contributed by atoms with Gasteiger partial charge in [0.25, 0.3) is 0 Å². The number of halogens is 2. The third kappa shape index (κ3) is 3.51. The Bertz CT molecular complexity index is 531. The van der Waals surface area contributed by atoms with Crippen LogP contribution < -0.4 is 5.32 Å². The van der Waals surface area contributed by atoms with E-state index in [4.69, 9.17) is 0 Å². The molecule has 0 fully saturated rings. The molecule has 0 aliphatic rings. The van der Waals surface area contributed by atoms with E-state index >= 15 is 0 Å². The minimum Gasteiger partial charge on any atom is -0.313 e. The van der Waals surface area contributed by atoms with E-state index in [1.807, 2.05) is 13.8 Å². The number of hydrogen-bond donors (Lipinski definition) is 1. The lowest BCUT2D eigenvalue weighted by atomic mass is 10.2. The first kappa shape index (κ1) is 16.0. The van der Waals surface area contributed by atoms with Gasteiger partial charge in [-0.3, -0.25) is 0 Å². The van der Waals surface area contributed by atoms with E-state index in [0.29, 0.717) is 13.0 Å². The third-order valence-corrected chi connectivity index (χ3v) is 5.40. The van der Waals surface area contributed by atoms with E-state index in [9.17, 15) is 17.2 Å². The van der Waals surface area contributed by atoms with Crippen LogP contribution in [0, 0.1) is 11.6 Å². The Morgan fingerprint density at radius 3 is 2.32 bits per heavy atom. The molecule has 0 spiro atoms. The van der Waals surface area contributed by atoms with Gasteiger partial charge in [-0.15, -0.1) is 0 Å². The Morgan fingerprint density at radius 2 is 1.84 bits per heavy atom. The van der Waals surface area contributed by atoms with Crippen LogP contribution >= 0.6 is 0 Å². The number of benzene rings is 1. The summed E-state index contributed by atoms with van der Waals surface area (Å²) in [6, 6.07) is 2.45. The van der Waals surface area contributed by atoms with Gasteiger partial charge in [-0.1, -0.05) is 13.8 Å². The van der Waals surface area contributed by atoms with Crippen LogP contribution in [0.2, 0.25) is 0 Å². The molecule has 0 saturated heterocycles. The van der Waals surface area contributed by atoms with Gasteiger partial charge in [-0.05, 0) is 38.1 Å². The SMILES string of the molecule is CCNC(CC)C(C)S(=O)(=O)c1ccc(F)c(F)c1. The molecule has 0 bridgehead atoms. The maximum absolute atomic E-state index is 13.1. The summed E-state index contributed by atoms with van der Waals surface area (Å²) < 4.78 is 50.7. The molecule has 0 saturated carbocycles. The first-order valence-electron chi connectivity index (χ1n) is 6.26. The van der Waals surface area contributed by atoms with Gasteiger partial charge < -0.3 is 5.32 Å². The van der Waals surface area contributed by atoms with Gasteiger partial charge in [0, 0.05) is 6.04 Å². The van der Waals surface area contributed by atoms with Gasteiger partial charge in [-0.25, -0.2) is 17.2 Å². The molecule has 2 atom stereocenters. The molecular weight excluding hydrogens is 272 g/mol. The molecular formula is C13H19F2NO2S. The highest BCUT2D eigenvalue weighted by molar-refractivity contribution is 7.92. The van der Waals surface area contributed by atoms with Crippen LogP contribution in [0.4, 0.5) is 8.78 Å². The largest absolute Gasteiger partial charge is 0.313 e. The summed E-state index contributed by atoms with van der Waals surface area (Å²) in [5.41, 5.74) is 0. The second kappa shape index (κ2) is 6.43. The van der Waals surface area contributed by atoms with Crippen LogP contribution in [0.5, 0.6) is 0 Å². The quantitative estimate of drug-likeness (QED) is 0.819. The Morgan fingerprint density at radius 1 is 1.21 bits per heavy atom. The number of nitrogens with one attached hydrogen (secondary N) is 1. The van der Waals surface area contributed by atoms with Crippen molar-refractivity contribution < 1.29 is 17.2 Å². The second-order valence-electron chi connectivity index (χ2n) is 4.40. The Labute approximate surface area is 112 Å². The van der Waals surface area contributed by atoms with Gasteiger partial charge in [0.2, 0.25) is 0 Å². The van der Waals surface area contributed by atoms with Gasteiger partial charge >= 0.3 is 0 Å². The van der Waals surface area contributed by atoms with Crippen molar-refractivity contribution in [2.24, 2.45) is 0 Å². The van der Waals surface area contributed by atoms with Crippen LogP contribution in [-0.4, -0.2) is 26.3 Å². The molecule has 0 aliphatic carbocycles. The molecule has 19 heavy (non-hydrogen) atoms. The van der Waals surface area contributed by atoms with E-state index in [0.717, 1.165) is 18.2 Å². The second-order valence-corrected chi connectivity index (χ2v) is 6.70. The summed E-state index contributed by atoms with van der Waals surface area (Å²) in [6.07, 6.45) is 0.637. The zero-order valence-electron chi connectivity index (χ0n) is 11.3. The average molecular weight is 291 g/mol. The van der Waals surface area contributed by atoms with Gasteiger partial charge in [0.05, 0.1) is 10.1 Å². The lowest BCUT2D eigenvalue weighted by Crippen LogP contribution is -2.42. The summed E-state index contributed by atoms with van der Waals surface area (Å²) in [7, 11) is -3.68. The van der Waals surface area contributed by atoms with Crippen molar-refractivity contribution in [2.45, 2.75) is 43.4 Å². The van der Waals surface area contributed by atoms with Crippen molar-refractivity contribution in [1.82, 2.24) is 5.32 Å². The average Bonchev–Trinajstić information content (AvgIpc) is 2.38. The number of rotatable bonds is 6. The normalized spacial score (nSPS) is 15.2. The monoisotopic (exact) mass is 291 g/mol. The molecule has 0 heterocycles. The van der Waals surface area contributed by atoms with Gasteiger partial charge in [0.1, 0.15) is 0 Å². The number of hydrogen-bond acceptors (Lipinski definition) is 3. The minimum atomic E-state index is -3.68. The summed E-state index contributed by atoms with van der Waals surface area (Å²) in [4.78, 5) is -0.185. The van der Waals surface area contributed by atoms with E-state index in [1.165, 1.54) is 0 Å². The van der Waals surface area contributed by atoms with Crippen LogP contribution in [-0.2, 0) is 9.84 Å². The van der Waals surface area contributed by atoms with Gasteiger partial charge in [0.15, 0.2) is 21.5 Å². The van der Waals surface area contributed by atoms with Crippen molar-refractivity contribution in [3.05, 3.63) is 29.8 Å². The van der Waals surface area contributed by atoms with Crippen molar-refractivity contribution in [3.63, 3.8) is 0 Å². The zero-order valence-corrected chi connectivity index (χ0v) is 12.1. The summed E-state index contributed by atoms with van der Waals surface area (Å²) in [5.74, 6) is -2.20. The van der Waals surface area contributed by atoms with Crippen LogP contribution in [0.15, 0.2) is 23.1 Å². The maximum atomic E-state index is 13.1. The van der Waals surface area contributed by atoms with Crippen molar-refractivity contribution in [2.75, 3.05) is 6.54 Å². The fourth-order valence-corrected chi connectivity index (χ4v) is 3.67. The molecule has 6 heteroatoms. The summed E-state index contributed by atoms with van der Waals surface area (Å²) >= 11 is 0. The van der Waals surface area contributed by atoms with E-state index in [1.54, 1.807) is 6.92 Å². The molecule has 1 rings (SSSR count). The standard InChI is InChI=1S/C13H19F2NO2S/c1-4-13(16-5-2)9(3)19(17,18)10-6-7-11(14)12(15)8-10/h6-9,13,16H,4-5H2,1-3H3. The minimum absolute atomic E-state index is 0.185. The molecule has 0 aromatic heterocycles. The smallest absolute Gasteiger partial charge is 0.182 e. The van der Waals surface area contributed by atoms with Crippen LogP contribution in [0.3, 0.4) is 0 Å². The fourth-order valence-electron chi connectivity index (χ4n) is 1.99. The highest BCUT2D eigenvalue weighted by Gasteiger charge is 2.30. The maximum Gasteiger partial charge on any atom is 0.182 e. The predicted octanol–water partition coefficient (Wildman–Crippen LogP) is 2.52. The molecule has 0 aliphatic heterocycles. The lowest BCUT2D eigenvalue weighted by molar-refractivity contribution is 0.480. The molecule has 0 radical (unpaired) electrons. The summed E-state index contributed by atoms with van der Waals surface area (Å²) in [5, 5.41) is 2.38. The highest BCUT2D eigenvalue weighted by atomic mass is 32.2. The molecule has 108 valence electrons. The predicted molar refractivity (Wildman–Crippen MR) is 70.8 cm³/mol. The van der Waals surface area contributed by atoms with Gasteiger partial charge in [-0.2, -0.15) is 0 Å².